The summed E-state index contributed by atoms with van der Waals surface area (Å²) in [6, 6.07) is 6.06. The van der Waals surface area contributed by atoms with Crippen molar-refractivity contribution in [2.45, 2.75) is 12.3 Å². The molecule has 0 saturated carbocycles. The van der Waals surface area contributed by atoms with Crippen LogP contribution in [0.5, 0.6) is 0 Å². The molecule has 102 valence electrons. The molecule has 2 aromatic rings. The van der Waals surface area contributed by atoms with Crippen molar-refractivity contribution in [3.63, 3.8) is 0 Å². The summed E-state index contributed by atoms with van der Waals surface area (Å²) in [5, 5.41) is 10.0. The number of anilines is 1. The zero-order valence-corrected chi connectivity index (χ0v) is 10.2. The van der Waals surface area contributed by atoms with Gasteiger partial charge in [-0.2, -0.15) is 13.2 Å². The lowest BCUT2D eigenvalue weighted by Crippen LogP contribution is -2.12. The topological polar surface area (TPSA) is 59.4 Å². The van der Waals surface area contributed by atoms with E-state index in [0.29, 0.717) is 0 Å². The van der Waals surface area contributed by atoms with Gasteiger partial charge in [0.15, 0.2) is 5.22 Å². The largest absolute Gasteiger partial charge is 0.447 e. The highest BCUT2D eigenvalue weighted by molar-refractivity contribution is 6.28. The Labute approximate surface area is 111 Å². The number of nitrogens with two attached hydrogens (primary N) is 1. The molecule has 3 N–H and O–H groups in total. The normalized spacial score (nSPS) is 13.5. The molecular weight excluding hydrogens is 283 g/mol. The highest BCUT2D eigenvalue weighted by Crippen LogP contribution is 2.38. The molecule has 0 spiro atoms. The lowest BCUT2D eigenvalue weighted by Gasteiger charge is -2.16. The van der Waals surface area contributed by atoms with Crippen LogP contribution in [-0.4, -0.2) is 5.11 Å². The number of para-hydroxylation sites is 1. The quantitative estimate of drug-likeness (QED) is 0.831. The molecular formula is C12H9ClF3NO2. The number of aliphatic hydroxyl groups is 1. The Hall–Kier alpha value is -1.66. The smallest absolute Gasteiger partial charge is 0.418 e. The summed E-state index contributed by atoms with van der Waals surface area (Å²) in [7, 11) is 0. The van der Waals surface area contributed by atoms with Crippen LogP contribution in [0, 0.1) is 0 Å². The molecule has 1 aromatic carbocycles. The average molecular weight is 292 g/mol. The minimum absolute atomic E-state index is 0.0241. The van der Waals surface area contributed by atoms with Crippen LogP contribution in [0.4, 0.5) is 18.9 Å². The monoisotopic (exact) mass is 291 g/mol. The molecule has 0 aliphatic rings. The first-order chi connectivity index (χ1) is 8.80. The number of benzene rings is 1. The predicted molar refractivity (Wildman–Crippen MR) is 63.6 cm³/mol. The molecule has 19 heavy (non-hydrogen) atoms. The lowest BCUT2D eigenvalue weighted by molar-refractivity contribution is -0.137. The number of aliphatic hydroxyl groups excluding tert-OH is 1. The predicted octanol–water partition coefficient (Wildman–Crippen LogP) is 3.62. The van der Waals surface area contributed by atoms with Gasteiger partial charge in [0, 0.05) is 5.56 Å². The zero-order chi connectivity index (χ0) is 14.2. The van der Waals surface area contributed by atoms with E-state index in [9.17, 15) is 18.3 Å². The summed E-state index contributed by atoms with van der Waals surface area (Å²) < 4.78 is 43.0. The fraction of sp³-hybridized carbons (Fsp3) is 0.167. The third-order valence-corrected chi connectivity index (χ3v) is 2.81. The van der Waals surface area contributed by atoms with Crippen LogP contribution in [-0.2, 0) is 6.18 Å². The van der Waals surface area contributed by atoms with Crippen molar-refractivity contribution in [3.05, 3.63) is 52.4 Å². The van der Waals surface area contributed by atoms with Gasteiger partial charge >= 0.3 is 6.18 Å². The molecule has 1 heterocycles. The van der Waals surface area contributed by atoms with Crippen LogP contribution >= 0.6 is 11.6 Å². The van der Waals surface area contributed by atoms with Crippen LogP contribution < -0.4 is 5.73 Å². The molecule has 0 amide bonds. The number of hydrogen-bond acceptors (Lipinski definition) is 3. The maximum Gasteiger partial charge on any atom is 0.418 e. The maximum atomic E-state index is 12.7. The number of nitrogen functional groups attached to an aromatic ring is 1. The fourth-order valence-corrected chi connectivity index (χ4v) is 1.85. The second kappa shape index (κ2) is 4.79. The first kappa shape index (κ1) is 13.8. The van der Waals surface area contributed by atoms with Crippen LogP contribution in [0.15, 0.2) is 34.7 Å². The summed E-state index contributed by atoms with van der Waals surface area (Å²) in [6.45, 7) is 0. The van der Waals surface area contributed by atoms with Crippen molar-refractivity contribution < 1.29 is 22.7 Å². The Balaban J connectivity index is 2.46. The third-order valence-electron chi connectivity index (χ3n) is 2.60. The summed E-state index contributed by atoms with van der Waals surface area (Å²) in [4.78, 5) is 0. The van der Waals surface area contributed by atoms with Crippen molar-refractivity contribution in [3.8, 4) is 0 Å². The van der Waals surface area contributed by atoms with E-state index in [1.165, 1.54) is 24.3 Å². The molecule has 1 unspecified atom stereocenters. The minimum Gasteiger partial charge on any atom is -0.447 e. The van der Waals surface area contributed by atoms with E-state index in [1.54, 1.807) is 0 Å². The number of furan rings is 1. The van der Waals surface area contributed by atoms with E-state index < -0.39 is 23.5 Å². The first-order valence-corrected chi connectivity index (χ1v) is 5.57. The molecule has 0 saturated heterocycles. The highest BCUT2D eigenvalue weighted by atomic mass is 35.5. The minimum atomic E-state index is -4.58. The maximum absolute atomic E-state index is 12.7. The summed E-state index contributed by atoms with van der Waals surface area (Å²) in [5.74, 6) is 0.0241. The van der Waals surface area contributed by atoms with E-state index in [0.717, 1.165) is 6.07 Å². The number of halogens is 4. The Morgan fingerprint density at radius 2 is 1.89 bits per heavy atom. The number of rotatable bonds is 2. The van der Waals surface area contributed by atoms with Crippen molar-refractivity contribution >= 4 is 17.3 Å². The Bertz CT molecular complexity index is 595. The molecule has 0 aliphatic heterocycles. The van der Waals surface area contributed by atoms with E-state index in [4.69, 9.17) is 21.8 Å². The Morgan fingerprint density at radius 3 is 2.42 bits per heavy atom. The van der Waals surface area contributed by atoms with Crippen molar-refractivity contribution in [1.82, 2.24) is 0 Å². The van der Waals surface area contributed by atoms with Gasteiger partial charge in [0.2, 0.25) is 0 Å². The molecule has 7 heteroatoms. The van der Waals surface area contributed by atoms with Crippen LogP contribution in [0.3, 0.4) is 0 Å². The second-order valence-electron chi connectivity index (χ2n) is 3.85. The molecule has 0 fully saturated rings. The van der Waals surface area contributed by atoms with Crippen molar-refractivity contribution in [2.24, 2.45) is 0 Å². The van der Waals surface area contributed by atoms with Gasteiger partial charge in [0.25, 0.3) is 0 Å². The van der Waals surface area contributed by atoms with Crippen molar-refractivity contribution in [1.29, 1.82) is 0 Å². The molecule has 2 rings (SSSR count). The van der Waals surface area contributed by atoms with Crippen LogP contribution in [0.1, 0.15) is 23.0 Å². The Kier molecular flexibility index (Phi) is 3.47. The van der Waals surface area contributed by atoms with Crippen LogP contribution in [0.2, 0.25) is 5.22 Å². The van der Waals surface area contributed by atoms with Gasteiger partial charge in [-0.25, -0.2) is 0 Å². The molecule has 0 radical (unpaired) electrons. The summed E-state index contributed by atoms with van der Waals surface area (Å²) >= 11 is 5.55. The standard InChI is InChI=1S/C12H9ClF3NO2/c13-9-5-4-8(19-9)11(18)6-2-1-3-7(10(6)17)12(14,15)16/h1-5,11,18H,17H2. The van der Waals surface area contributed by atoms with Gasteiger partial charge in [-0.15, -0.1) is 0 Å². The number of hydrogen-bond donors (Lipinski definition) is 2. The van der Waals surface area contributed by atoms with Gasteiger partial charge in [-0.05, 0) is 29.8 Å². The van der Waals surface area contributed by atoms with Gasteiger partial charge in [0.05, 0.1) is 11.3 Å². The summed E-state index contributed by atoms with van der Waals surface area (Å²) in [5.41, 5.74) is 3.85. The lowest BCUT2D eigenvalue weighted by atomic mass is 10.0. The highest BCUT2D eigenvalue weighted by Gasteiger charge is 2.34. The van der Waals surface area contributed by atoms with Gasteiger partial charge < -0.3 is 15.3 Å². The Morgan fingerprint density at radius 1 is 1.21 bits per heavy atom. The van der Waals surface area contributed by atoms with E-state index in [1.807, 2.05) is 0 Å². The number of alkyl halides is 3. The average Bonchev–Trinajstić information content (AvgIpc) is 2.74. The molecule has 1 atom stereocenters. The van der Waals surface area contributed by atoms with E-state index in [2.05, 4.69) is 0 Å². The molecule has 0 bridgehead atoms. The first-order valence-electron chi connectivity index (χ1n) is 5.19. The van der Waals surface area contributed by atoms with Gasteiger partial charge in [-0.1, -0.05) is 12.1 Å². The van der Waals surface area contributed by atoms with Crippen LogP contribution in [0.25, 0.3) is 0 Å². The molecule has 0 aliphatic carbocycles. The zero-order valence-electron chi connectivity index (χ0n) is 9.41. The van der Waals surface area contributed by atoms with Gasteiger partial charge in [-0.3, -0.25) is 0 Å². The fourth-order valence-electron chi connectivity index (χ4n) is 1.70. The SMILES string of the molecule is Nc1c(C(O)c2ccc(Cl)o2)cccc1C(F)(F)F. The third kappa shape index (κ3) is 2.69. The second-order valence-corrected chi connectivity index (χ2v) is 4.22. The summed E-state index contributed by atoms with van der Waals surface area (Å²) in [6.07, 6.45) is -5.99. The van der Waals surface area contributed by atoms with Crippen molar-refractivity contribution in [2.75, 3.05) is 5.73 Å². The molecule has 1 aromatic heterocycles. The molecule has 3 nitrogen and oxygen atoms in total. The van der Waals surface area contributed by atoms with E-state index >= 15 is 0 Å². The van der Waals surface area contributed by atoms with E-state index in [-0.39, 0.29) is 16.5 Å². The van der Waals surface area contributed by atoms with Gasteiger partial charge in [0.1, 0.15) is 11.9 Å².